The van der Waals surface area contributed by atoms with Crippen LogP contribution >= 0.6 is 0 Å². The maximum absolute atomic E-state index is 13.5. The normalized spacial score (nSPS) is 11.6. The summed E-state index contributed by atoms with van der Waals surface area (Å²) in [5.74, 6) is -0.941. The quantitative estimate of drug-likeness (QED) is 0.323. The van der Waals surface area contributed by atoms with E-state index >= 15 is 0 Å². The fraction of sp³-hybridized carbons (Fsp3) is 0.138. The average molecular weight is 466 g/mol. The molecule has 0 aliphatic carbocycles. The van der Waals surface area contributed by atoms with Crippen molar-refractivity contribution in [2.24, 2.45) is 0 Å². The van der Waals surface area contributed by atoms with E-state index in [1.807, 2.05) is 111 Å². The van der Waals surface area contributed by atoms with Gasteiger partial charge in [-0.05, 0) is 59.4 Å². The number of aryl methyl sites for hydroxylation is 2. The van der Waals surface area contributed by atoms with Gasteiger partial charge in [0, 0.05) is 24.0 Å². The molecule has 6 nitrogen and oxygen atoms in total. The molecular formula is C29H27N3O3. The van der Waals surface area contributed by atoms with Crippen LogP contribution < -0.4 is 10.6 Å². The second kappa shape index (κ2) is 10.7. The van der Waals surface area contributed by atoms with Crippen LogP contribution in [0.5, 0.6) is 0 Å². The molecule has 0 radical (unpaired) electrons. The zero-order chi connectivity index (χ0) is 24.8. The summed E-state index contributed by atoms with van der Waals surface area (Å²) >= 11 is 0. The number of carbonyl (C=O) groups is 2. The highest BCUT2D eigenvalue weighted by Gasteiger charge is 2.32. The van der Waals surface area contributed by atoms with Gasteiger partial charge >= 0.3 is 6.09 Å². The Kier molecular flexibility index (Phi) is 7.21. The van der Waals surface area contributed by atoms with Crippen LogP contribution in [0.4, 0.5) is 10.5 Å². The topological polar surface area (TPSA) is 91.3 Å². The third-order valence-electron chi connectivity index (χ3n) is 5.98. The molecule has 1 unspecified atom stereocenters. The van der Waals surface area contributed by atoms with Crippen LogP contribution in [0, 0.1) is 13.8 Å². The van der Waals surface area contributed by atoms with Gasteiger partial charge in [-0.2, -0.15) is 0 Å². The Hall–Kier alpha value is -4.45. The van der Waals surface area contributed by atoms with Crippen molar-refractivity contribution in [1.29, 1.82) is 0 Å². The summed E-state index contributed by atoms with van der Waals surface area (Å²) in [4.78, 5) is 29.4. The van der Waals surface area contributed by atoms with Crippen LogP contribution in [-0.4, -0.2) is 28.1 Å². The third-order valence-corrected chi connectivity index (χ3v) is 5.98. The Morgan fingerprint density at radius 1 is 0.771 bits per heavy atom. The van der Waals surface area contributed by atoms with E-state index in [-0.39, 0.29) is 0 Å². The number of nitrogens with zero attached hydrogens (tertiary/aromatic N) is 1. The van der Waals surface area contributed by atoms with E-state index < -0.39 is 24.0 Å². The van der Waals surface area contributed by atoms with Gasteiger partial charge in [-0.3, -0.25) is 9.78 Å². The highest BCUT2D eigenvalue weighted by molar-refractivity contribution is 5.97. The van der Waals surface area contributed by atoms with Crippen LogP contribution in [0.1, 0.15) is 28.2 Å². The number of carbonyl (C=O) groups excluding carboxylic acids is 1. The number of pyridine rings is 1. The van der Waals surface area contributed by atoms with Gasteiger partial charge in [-0.15, -0.1) is 0 Å². The number of aromatic nitrogens is 1. The molecule has 4 rings (SSSR count). The van der Waals surface area contributed by atoms with Gasteiger partial charge in [0.15, 0.2) is 0 Å². The summed E-state index contributed by atoms with van der Waals surface area (Å²) in [7, 11) is 0. The Balaban J connectivity index is 1.64. The third kappa shape index (κ3) is 5.55. The second-order valence-corrected chi connectivity index (χ2v) is 8.44. The van der Waals surface area contributed by atoms with Gasteiger partial charge < -0.3 is 15.7 Å². The van der Waals surface area contributed by atoms with Crippen LogP contribution in [0.15, 0.2) is 97.3 Å². The first-order valence-corrected chi connectivity index (χ1v) is 11.4. The fourth-order valence-corrected chi connectivity index (χ4v) is 4.43. The molecular weight excluding hydrogens is 438 g/mol. The lowest BCUT2D eigenvalue weighted by Gasteiger charge is -2.27. The number of benzene rings is 3. The number of hydrogen-bond acceptors (Lipinski definition) is 3. The smallest absolute Gasteiger partial charge is 0.405 e. The van der Waals surface area contributed by atoms with Crippen LogP contribution in [0.2, 0.25) is 0 Å². The zero-order valence-electron chi connectivity index (χ0n) is 19.6. The van der Waals surface area contributed by atoms with Crippen molar-refractivity contribution in [2.75, 3.05) is 5.32 Å². The molecule has 6 heteroatoms. The van der Waals surface area contributed by atoms with E-state index in [1.165, 1.54) is 0 Å². The van der Waals surface area contributed by atoms with Gasteiger partial charge in [0.1, 0.15) is 6.04 Å². The second-order valence-electron chi connectivity index (χ2n) is 8.44. The molecule has 35 heavy (non-hydrogen) atoms. The lowest BCUT2D eigenvalue weighted by molar-refractivity contribution is -0.118. The zero-order valence-corrected chi connectivity index (χ0v) is 19.6. The van der Waals surface area contributed by atoms with E-state index in [0.717, 1.165) is 33.4 Å². The van der Waals surface area contributed by atoms with Crippen LogP contribution in [0.3, 0.4) is 0 Å². The van der Waals surface area contributed by atoms with Crippen molar-refractivity contribution in [3.05, 3.63) is 120 Å². The Bertz CT molecular complexity index is 1250. The first-order chi connectivity index (χ1) is 16.9. The molecule has 1 heterocycles. The van der Waals surface area contributed by atoms with E-state index in [0.29, 0.717) is 5.69 Å². The molecule has 1 atom stereocenters. The monoisotopic (exact) mass is 465 g/mol. The molecule has 0 aliphatic rings. The number of amides is 2. The summed E-state index contributed by atoms with van der Waals surface area (Å²) in [5.41, 5.74) is 6.53. The Morgan fingerprint density at radius 2 is 1.29 bits per heavy atom. The predicted molar refractivity (Wildman–Crippen MR) is 137 cm³/mol. The van der Waals surface area contributed by atoms with Crippen LogP contribution in [-0.2, 0) is 4.79 Å². The number of rotatable bonds is 7. The predicted octanol–water partition coefficient (Wildman–Crippen LogP) is 5.77. The molecule has 0 fully saturated rings. The summed E-state index contributed by atoms with van der Waals surface area (Å²) in [5, 5.41) is 14.9. The maximum atomic E-state index is 13.5. The number of hydrogen-bond donors (Lipinski definition) is 3. The number of carboxylic acid groups (broad SMARTS) is 1. The Labute approximate surface area is 204 Å². The highest BCUT2D eigenvalue weighted by Crippen LogP contribution is 2.30. The Morgan fingerprint density at radius 3 is 1.77 bits per heavy atom. The van der Waals surface area contributed by atoms with E-state index in [4.69, 9.17) is 0 Å². The molecule has 2 amide bonds. The SMILES string of the molecule is Cc1cncc(C)c1-c1ccc(NC(=O)C(NC(=O)O)C(c2ccccc2)c2ccccc2)cc1. The summed E-state index contributed by atoms with van der Waals surface area (Å²) in [6, 6.07) is 25.4. The highest BCUT2D eigenvalue weighted by atomic mass is 16.4. The first kappa shape index (κ1) is 23.7. The number of nitrogens with one attached hydrogen (secondary N) is 2. The molecule has 0 spiro atoms. The molecule has 0 saturated heterocycles. The standard InChI is InChI=1S/C29H27N3O3/c1-19-17-30-18-20(2)25(19)23-13-15-24(16-14-23)31-28(33)27(32-29(34)35)26(21-9-5-3-6-10-21)22-11-7-4-8-12-22/h3-18,26-27,32H,1-2H3,(H,31,33)(H,34,35). The molecule has 0 aliphatic heterocycles. The minimum atomic E-state index is -1.26. The molecule has 4 aromatic rings. The minimum Gasteiger partial charge on any atom is -0.465 e. The largest absolute Gasteiger partial charge is 0.465 e. The van der Waals surface area contributed by atoms with E-state index in [9.17, 15) is 14.7 Å². The first-order valence-electron chi connectivity index (χ1n) is 11.4. The van der Waals surface area contributed by atoms with Crippen LogP contribution in [0.25, 0.3) is 11.1 Å². The van der Waals surface area contributed by atoms with Crippen molar-refractivity contribution in [2.45, 2.75) is 25.8 Å². The van der Waals surface area contributed by atoms with E-state index in [2.05, 4.69) is 15.6 Å². The maximum Gasteiger partial charge on any atom is 0.405 e. The van der Waals surface area contributed by atoms with E-state index in [1.54, 1.807) is 0 Å². The number of anilines is 1. The van der Waals surface area contributed by atoms with Gasteiger partial charge in [0.05, 0.1) is 0 Å². The average Bonchev–Trinajstić information content (AvgIpc) is 2.86. The van der Waals surface area contributed by atoms with Crippen molar-refractivity contribution >= 4 is 17.7 Å². The van der Waals surface area contributed by atoms with Crippen molar-refractivity contribution in [3.63, 3.8) is 0 Å². The fourth-order valence-electron chi connectivity index (χ4n) is 4.43. The summed E-state index contributed by atoms with van der Waals surface area (Å²) in [6.07, 6.45) is 2.39. The molecule has 0 bridgehead atoms. The van der Waals surface area contributed by atoms with Crippen molar-refractivity contribution in [3.8, 4) is 11.1 Å². The summed E-state index contributed by atoms with van der Waals surface area (Å²) < 4.78 is 0. The molecule has 3 N–H and O–H groups in total. The van der Waals surface area contributed by atoms with Gasteiger partial charge in [-0.1, -0.05) is 72.8 Å². The molecule has 176 valence electrons. The minimum absolute atomic E-state index is 0.436. The lowest BCUT2D eigenvalue weighted by Crippen LogP contribution is -2.47. The molecule has 0 saturated carbocycles. The van der Waals surface area contributed by atoms with Crippen molar-refractivity contribution < 1.29 is 14.7 Å². The summed E-state index contributed by atoms with van der Waals surface area (Å²) in [6.45, 7) is 4.03. The van der Waals surface area contributed by atoms with Gasteiger partial charge in [0.25, 0.3) is 0 Å². The lowest BCUT2D eigenvalue weighted by atomic mass is 9.84. The van der Waals surface area contributed by atoms with Crippen molar-refractivity contribution in [1.82, 2.24) is 10.3 Å². The van der Waals surface area contributed by atoms with Gasteiger partial charge in [-0.25, -0.2) is 4.79 Å². The molecule has 1 aromatic heterocycles. The van der Waals surface area contributed by atoms with Gasteiger partial charge in [0.2, 0.25) is 5.91 Å². The molecule has 3 aromatic carbocycles.